The zero-order chi connectivity index (χ0) is 20.7. The molecule has 9 heteroatoms. The largest absolute Gasteiger partial charge is 0.338 e. The van der Waals surface area contributed by atoms with Gasteiger partial charge >= 0.3 is 0 Å². The second-order valence-electron chi connectivity index (χ2n) is 6.55. The molecule has 1 atom stereocenters. The van der Waals surface area contributed by atoms with E-state index in [0.29, 0.717) is 18.7 Å². The fraction of sp³-hybridized carbons (Fsp3) is 0.474. The number of aryl methyl sites for hydroxylation is 2. The number of nitrogens with zero attached hydrogens (tertiary/aromatic N) is 2. The number of carbonyl (C=O) groups is 1. The van der Waals surface area contributed by atoms with E-state index in [1.165, 1.54) is 4.90 Å². The number of thioether (sulfide) groups is 1. The van der Waals surface area contributed by atoms with Gasteiger partial charge in [-0.2, -0.15) is 16.5 Å². The predicted molar refractivity (Wildman–Crippen MR) is 116 cm³/mol. The van der Waals surface area contributed by atoms with Crippen molar-refractivity contribution in [3.63, 3.8) is 0 Å². The molecule has 1 heterocycles. The van der Waals surface area contributed by atoms with Crippen molar-refractivity contribution in [3.8, 4) is 0 Å². The summed E-state index contributed by atoms with van der Waals surface area (Å²) in [6, 6.07) is 5.78. The lowest BCUT2D eigenvalue weighted by atomic mass is 10.2. The zero-order valence-corrected chi connectivity index (χ0v) is 19.1. The van der Waals surface area contributed by atoms with Gasteiger partial charge in [0.25, 0.3) is 0 Å². The third-order valence-corrected chi connectivity index (χ3v) is 7.39. The molecule has 1 N–H and O–H groups in total. The molecule has 0 bridgehead atoms. The summed E-state index contributed by atoms with van der Waals surface area (Å²) < 4.78 is 28.1. The minimum atomic E-state index is -3.78. The highest BCUT2D eigenvalue weighted by molar-refractivity contribution is 7.98. The Morgan fingerprint density at radius 3 is 2.57 bits per heavy atom. The highest BCUT2D eigenvalue weighted by Crippen LogP contribution is 2.15. The molecule has 0 aliphatic carbocycles. The lowest BCUT2D eigenvalue weighted by Crippen LogP contribution is -2.47. The van der Waals surface area contributed by atoms with Gasteiger partial charge in [-0.3, -0.25) is 4.79 Å². The number of hydrogen-bond donors (Lipinski definition) is 1. The molecule has 1 aromatic carbocycles. The van der Waals surface area contributed by atoms with Gasteiger partial charge in [0, 0.05) is 12.4 Å². The topological polar surface area (TPSA) is 79.4 Å². The van der Waals surface area contributed by atoms with Gasteiger partial charge in [-0.25, -0.2) is 13.4 Å². The van der Waals surface area contributed by atoms with Crippen LogP contribution in [-0.2, 0) is 27.8 Å². The number of carbonyl (C=O) groups excluding carboxylic acids is 1. The lowest BCUT2D eigenvalue weighted by molar-refractivity contribution is -0.132. The Hall–Kier alpha value is -1.42. The number of rotatable bonds is 10. The van der Waals surface area contributed by atoms with Gasteiger partial charge in [-0.1, -0.05) is 24.6 Å². The third kappa shape index (κ3) is 6.30. The minimum absolute atomic E-state index is 0.162. The molecule has 6 nitrogen and oxygen atoms in total. The van der Waals surface area contributed by atoms with Crippen molar-refractivity contribution in [1.82, 2.24) is 14.6 Å². The Morgan fingerprint density at radius 2 is 2.00 bits per heavy atom. The molecular formula is C19H27N3O3S3. The maximum absolute atomic E-state index is 13.0. The normalized spacial score (nSPS) is 12.7. The summed E-state index contributed by atoms with van der Waals surface area (Å²) in [6.07, 6.45) is 3.21. The van der Waals surface area contributed by atoms with E-state index in [1.807, 2.05) is 25.5 Å². The molecule has 2 rings (SSSR count). The van der Waals surface area contributed by atoms with Gasteiger partial charge in [0.2, 0.25) is 15.9 Å². The first-order valence-electron chi connectivity index (χ1n) is 9.03. The summed E-state index contributed by atoms with van der Waals surface area (Å²) in [5, 5.41) is 2.96. The van der Waals surface area contributed by atoms with Gasteiger partial charge in [-0.05, 0) is 43.9 Å². The quantitative estimate of drug-likeness (QED) is 0.613. The smallest absolute Gasteiger partial charge is 0.241 e. The van der Waals surface area contributed by atoms with Gasteiger partial charge in [0.1, 0.15) is 6.04 Å². The number of benzene rings is 1. The lowest BCUT2D eigenvalue weighted by Gasteiger charge is -2.24. The van der Waals surface area contributed by atoms with Crippen LogP contribution in [0.25, 0.3) is 0 Å². The maximum atomic E-state index is 13.0. The van der Waals surface area contributed by atoms with Crippen LogP contribution in [0.1, 0.15) is 29.6 Å². The van der Waals surface area contributed by atoms with Crippen molar-refractivity contribution in [2.24, 2.45) is 0 Å². The van der Waals surface area contributed by atoms with E-state index in [4.69, 9.17) is 0 Å². The predicted octanol–water partition coefficient (Wildman–Crippen LogP) is 3.07. The first-order chi connectivity index (χ1) is 13.3. The van der Waals surface area contributed by atoms with E-state index in [9.17, 15) is 13.2 Å². The van der Waals surface area contributed by atoms with Crippen molar-refractivity contribution in [2.45, 2.75) is 44.2 Å². The Morgan fingerprint density at radius 1 is 1.32 bits per heavy atom. The molecule has 154 valence electrons. The molecule has 0 aliphatic heterocycles. The molecule has 1 unspecified atom stereocenters. The molecule has 0 radical (unpaired) electrons. The van der Waals surface area contributed by atoms with Crippen LogP contribution in [0.15, 0.2) is 34.5 Å². The average molecular weight is 442 g/mol. The molecule has 28 heavy (non-hydrogen) atoms. The third-order valence-electron chi connectivity index (χ3n) is 4.21. The molecule has 0 fully saturated rings. The number of nitrogens with one attached hydrogen (secondary N) is 1. The summed E-state index contributed by atoms with van der Waals surface area (Å²) >= 11 is 3.15. The number of likely N-dealkylation sites (N-methyl/N-ethyl adjacent to an activating group) is 1. The summed E-state index contributed by atoms with van der Waals surface area (Å²) in [5.74, 6) is 0.424. The molecule has 1 amide bonds. The van der Waals surface area contributed by atoms with Gasteiger partial charge in [-0.15, -0.1) is 11.3 Å². The summed E-state index contributed by atoms with van der Waals surface area (Å²) in [6.45, 7) is 4.29. The van der Waals surface area contributed by atoms with Crippen molar-refractivity contribution >= 4 is 39.0 Å². The van der Waals surface area contributed by atoms with Crippen LogP contribution >= 0.6 is 23.1 Å². The first-order valence-corrected chi connectivity index (χ1v) is 12.8. The highest BCUT2D eigenvalue weighted by Gasteiger charge is 2.28. The Kier molecular flexibility index (Phi) is 8.48. The van der Waals surface area contributed by atoms with Gasteiger partial charge in [0.15, 0.2) is 0 Å². The van der Waals surface area contributed by atoms with Crippen molar-refractivity contribution < 1.29 is 13.2 Å². The average Bonchev–Trinajstić information content (AvgIpc) is 3.12. The van der Waals surface area contributed by atoms with Gasteiger partial charge < -0.3 is 4.90 Å². The number of thiazole rings is 1. The van der Waals surface area contributed by atoms with Crippen molar-refractivity contribution in [1.29, 1.82) is 0 Å². The van der Waals surface area contributed by atoms with E-state index >= 15 is 0 Å². The second kappa shape index (κ2) is 10.4. The van der Waals surface area contributed by atoms with E-state index in [2.05, 4.69) is 9.71 Å². The zero-order valence-electron chi connectivity index (χ0n) is 16.6. The van der Waals surface area contributed by atoms with Crippen LogP contribution in [0, 0.1) is 6.92 Å². The van der Waals surface area contributed by atoms with E-state index < -0.39 is 16.1 Å². The number of aromatic nitrogens is 1. The van der Waals surface area contributed by atoms with Crippen LogP contribution in [0.5, 0.6) is 0 Å². The van der Waals surface area contributed by atoms with E-state index in [0.717, 1.165) is 22.7 Å². The minimum Gasteiger partial charge on any atom is -0.338 e. The molecular weight excluding hydrogens is 414 g/mol. The molecule has 0 spiro atoms. The fourth-order valence-corrected chi connectivity index (χ4v) is 5.04. The highest BCUT2D eigenvalue weighted by atomic mass is 32.2. The number of hydrogen-bond acceptors (Lipinski definition) is 6. The van der Waals surface area contributed by atoms with E-state index in [-0.39, 0.29) is 10.8 Å². The first kappa shape index (κ1) is 22.9. The maximum Gasteiger partial charge on any atom is 0.241 e. The Balaban J connectivity index is 2.14. The molecule has 2 aromatic rings. The fourth-order valence-electron chi connectivity index (χ4n) is 2.61. The number of amides is 1. The standard InChI is InChI=1S/C19H27N3O3S3/c1-5-18-20-15(13-27-18)12-22(3)19(23)17(10-11-26-4)21-28(24,25)16-8-6-14(2)7-9-16/h6-9,13,17,21H,5,10-12H2,1-4H3. The summed E-state index contributed by atoms with van der Waals surface area (Å²) in [4.78, 5) is 19.1. The monoisotopic (exact) mass is 441 g/mol. The van der Waals surface area contributed by atoms with Crippen LogP contribution < -0.4 is 4.72 Å². The Bertz CT molecular complexity index is 879. The van der Waals surface area contributed by atoms with Crippen molar-refractivity contribution in [3.05, 3.63) is 45.9 Å². The van der Waals surface area contributed by atoms with E-state index in [1.54, 1.807) is 54.4 Å². The SMILES string of the molecule is CCc1nc(CN(C)C(=O)C(CCSC)NS(=O)(=O)c2ccc(C)cc2)cs1. The summed E-state index contributed by atoms with van der Waals surface area (Å²) in [5.41, 5.74) is 1.80. The van der Waals surface area contributed by atoms with Crippen molar-refractivity contribution in [2.75, 3.05) is 19.1 Å². The van der Waals surface area contributed by atoms with Gasteiger partial charge in [0.05, 0.1) is 22.1 Å². The van der Waals surface area contributed by atoms with Crippen LogP contribution in [0.3, 0.4) is 0 Å². The molecule has 0 saturated carbocycles. The summed E-state index contributed by atoms with van der Waals surface area (Å²) in [7, 11) is -2.10. The molecule has 0 aliphatic rings. The van der Waals surface area contributed by atoms with Crippen LogP contribution in [-0.4, -0.2) is 49.3 Å². The molecule has 0 saturated heterocycles. The van der Waals surface area contributed by atoms with Crippen LogP contribution in [0.4, 0.5) is 0 Å². The Labute approximate surface area is 175 Å². The number of sulfonamides is 1. The molecule has 1 aromatic heterocycles. The van der Waals surface area contributed by atoms with Crippen LogP contribution in [0.2, 0.25) is 0 Å². The second-order valence-corrected chi connectivity index (χ2v) is 10.2.